The lowest BCUT2D eigenvalue weighted by molar-refractivity contribution is 0.0902. The highest BCUT2D eigenvalue weighted by Gasteiger charge is 2.27. The minimum Gasteiger partial charge on any atom is -0.345 e. The van der Waals surface area contributed by atoms with Crippen LogP contribution in [0.1, 0.15) is 37.0 Å². The Morgan fingerprint density at radius 2 is 2.06 bits per heavy atom. The van der Waals surface area contributed by atoms with Crippen LogP contribution in [0.3, 0.4) is 0 Å². The number of halogens is 2. The summed E-state index contributed by atoms with van der Waals surface area (Å²) < 4.78 is 0.898. The molecule has 0 spiro atoms. The van der Waals surface area contributed by atoms with Crippen LogP contribution in [0, 0.1) is 0 Å². The zero-order valence-corrected chi connectivity index (χ0v) is 12.4. The van der Waals surface area contributed by atoms with Gasteiger partial charge in [-0.1, -0.05) is 35.8 Å². The second kappa shape index (κ2) is 6.41. The van der Waals surface area contributed by atoms with Crippen molar-refractivity contribution < 1.29 is 4.79 Å². The molecule has 0 aliphatic carbocycles. The molecule has 0 radical (unpaired) electrons. The standard InChI is InChI=1S/C13H17BrClNO/c1-3-13(4-2,9-15)16-12(17)10-6-5-7-11(14)8-10/h5-8H,3-4,9H2,1-2H3,(H,16,17). The Hall–Kier alpha value is -0.540. The Bertz CT molecular complexity index is 382. The van der Waals surface area contributed by atoms with Crippen LogP contribution in [0.25, 0.3) is 0 Å². The lowest BCUT2D eigenvalue weighted by Crippen LogP contribution is -2.49. The van der Waals surface area contributed by atoms with Crippen LogP contribution in [-0.4, -0.2) is 17.3 Å². The predicted octanol–water partition coefficient (Wildman–Crippen LogP) is 3.98. The number of alkyl halides is 1. The summed E-state index contributed by atoms with van der Waals surface area (Å²) in [6.07, 6.45) is 1.65. The van der Waals surface area contributed by atoms with E-state index in [9.17, 15) is 4.79 Å². The number of hydrogen-bond acceptors (Lipinski definition) is 1. The number of nitrogens with one attached hydrogen (secondary N) is 1. The van der Waals surface area contributed by atoms with Crippen molar-refractivity contribution in [1.82, 2.24) is 5.32 Å². The maximum atomic E-state index is 12.1. The first-order valence-electron chi connectivity index (χ1n) is 5.71. The minimum absolute atomic E-state index is 0.0735. The van der Waals surface area contributed by atoms with E-state index in [1.165, 1.54) is 0 Å². The van der Waals surface area contributed by atoms with E-state index in [0.29, 0.717) is 11.4 Å². The number of carbonyl (C=O) groups is 1. The van der Waals surface area contributed by atoms with Gasteiger partial charge in [-0.05, 0) is 31.0 Å². The Morgan fingerprint density at radius 3 is 2.53 bits per heavy atom. The molecule has 4 heteroatoms. The topological polar surface area (TPSA) is 29.1 Å². The van der Waals surface area contributed by atoms with Gasteiger partial charge in [0.05, 0.1) is 5.54 Å². The van der Waals surface area contributed by atoms with Crippen molar-refractivity contribution in [3.05, 3.63) is 34.3 Å². The maximum absolute atomic E-state index is 12.1. The third-order valence-corrected chi connectivity index (χ3v) is 4.08. The van der Waals surface area contributed by atoms with Crippen LogP contribution in [0.4, 0.5) is 0 Å². The van der Waals surface area contributed by atoms with E-state index in [0.717, 1.165) is 17.3 Å². The fourth-order valence-electron chi connectivity index (χ4n) is 1.59. The summed E-state index contributed by atoms with van der Waals surface area (Å²) in [5.41, 5.74) is 0.344. The molecule has 94 valence electrons. The molecule has 17 heavy (non-hydrogen) atoms. The molecule has 0 saturated carbocycles. The SMILES string of the molecule is CCC(CC)(CCl)NC(=O)c1cccc(Br)c1. The summed E-state index contributed by atoms with van der Waals surface area (Å²) in [4.78, 5) is 12.1. The summed E-state index contributed by atoms with van der Waals surface area (Å²) in [5, 5.41) is 3.03. The quantitative estimate of drug-likeness (QED) is 0.818. The summed E-state index contributed by atoms with van der Waals surface area (Å²) in [7, 11) is 0. The van der Waals surface area contributed by atoms with Gasteiger partial charge in [-0.2, -0.15) is 0 Å². The molecule has 1 aromatic rings. The fraction of sp³-hybridized carbons (Fsp3) is 0.462. The van der Waals surface area contributed by atoms with Crippen LogP contribution in [-0.2, 0) is 0 Å². The van der Waals surface area contributed by atoms with Gasteiger partial charge in [-0.3, -0.25) is 4.79 Å². The molecule has 0 aliphatic rings. The first-order chi connectivity index (χ1) is 8.06. The van der Waals surface area contributed by atoms with Gasteiger partial charge in [0.25, 0.3) is 5.91 Å². The number of rotatable bonds is 5. The van der Waals surface area contributed by atoms with Gasteiger partial charge in [0.1, 0.15) is 0 Å². The van der Waals surface area contributed by atoms with E-state index < -0.39 is 0 Å². The Labute approximate surface area is 116 Å². The molecule has 0 unspecified atom stereocenters. The van der Waals surface area contributed by atoms with Crippen LogP contribution in [0.2, 0.25) is 0 Å². The number of benzene rings is 1. The van der Waals surface area contributed by atoms with Crippen LogP contribution < -0.4 is 5.32 Å². The van der Waals surface area contributed by atoms with Gasteiger partial charge in [0, 0.05) is 15.9 Å². The second-order valence-corrected chi connectivity index (χ2v) is 5.27. The molecular formula is C13H17BrClNO. The van der Waals surface area contributed by atoms with Crippen molar-refractivity contribution in [1.29, 1.82) is 0 Å². The van der Waals surface area contributed by atoms with E-state index in [-0.39, 0.29) is 11.4 Å². The van der Waals surface area contributed by atoms with Crippen molar-refractivity contribution >= 4 is 33.4 Å². The van der Waals surface area contributed by atoms with E-state index in [4.69, 9.17) is 11.6 Å². The number of carbonyl (C=O) groups excluding carboxylic acids is 1. The highest BCUT2D eigenvalue weighted by atomic mass is 79.9. The van der Waals surface area contributed by atoms with E-state index in [1.54, 1.807) is 12.1 Å². The molecule has 0 saturated heterocycles. The van der Waals surface area contributed by atoms with Gasteiger partial charge in [0.15, 0.2) is 0 Å². The van der Waals surface area contributed by atoms with E-state index >= 15 is 0 Å². The number of hydrogen-bond donors (Lipinski definition) is 1. The van der Waals surface area contributed by atoms with Crippen molar-refractivity contribution in [2.45, 2.75) is 32.2 Å². The molecule has 1 amide bonds. The maximum Gasteiger partial charge on any atom is 0.251 e. The van der Waals surface area contributed by atoms with Crippen molar-refractivity contribution in [2.75, 3.05) is 5.88 Å². The molecule has 0 heterocycles. The highest BCUT2D eigenvalue weighted by Crippen LogP contribution is 2.19. The lowest BCUT2D eigenvalue weighted by Gasteiger charge is -2.30. The van der Waals surface area contributed by atoms with Crippen molar-refractivity contribution in [2.24, 2.45) is 0 Å². The molecule has 0 aromatic heterocycles. The van der Waals surface area contributed by atoms with Gasteiger partial charge in [-0.25, -0.2) is 0 Å². The first kappa shape index (κ1) is 14.5. The zero-order chi connectivity index (χ0) is 12.9. The van der Waals surface area contributed by atoms with Gasteiger partial charge >= 0.3 is 0 Å². The molecule has 2 nitrogen and oxygen atoms in total. The average Bonchev–Trinajstić information content (AvgIpc) is 2.36. The Kier molecular flexibility index (Phi) is 5.47. The molecule has 1 aromatic carbocycles. The van der Waals surface area contributed by atoms with Gasteiger partial charge < -0.3 is 5.32 Å². The monoisotopic (exact) mass is 317 g/mol. The predicted molar refractivity (Wildman–Crippen MR) is 75.6 cm³/mol. The third kappa shape index (κ3) is 3.71. The molecule has 0 fully saturated rings. The van der Waals surface area contributed by atoms with Crippen LogP contribution in [0.5, 0.6) is 0 Å². The summed E-state index contributed by atoms with van der Waals surface area (Å²) in [5.74, 6) is 0.357. The van der Waals surface area contributed by atoms with Crippen LogP contribution >= 0.6 is 27.5 Å². The smallest absolute Gasteiger partial charge is 0.251 e. The number of amides is 1. The van der Waals surface area contributed by atoms with E-state index in [1.807, 2.05) is 26.0 Å². The summed E-state index contributed by atoms with van der Waals surface area (Å²) in [6.45, 7) is 4.07. The van der Waals surface area contributed by atoms with E-state index in [2.05, 4.69) is 21.2 Å². The normalized spacial score (nSPS) is 11.3. The molecule has 0 atom stereocenters. The van der Waals surface area contributed by atoms with Crippen molar-refractivity contribution in [3.63, 3.8) is 0 Å². The fourth-order valence-corrected chi connectivity index (χ4v) is 2.44. The molecule has 0 aliphatic heterocycles. The average molecular weight is 319 g/mol. The van der Waals surface area contributed by atoms with Crippen molar-refractivity contribution in [3.8, 4) is 0 Å². The second-order valence-electron chi connectivity index (χ2n) is 4.09. The largest absolute Gasteiger partial charge is 0.345 e. The Morgan fingerprint density at radius 1 is 1.41 bits per heavy atom. The summed E-state index contributed by atoms with van der Waals surface area (Å²) >= 11 is 9.32. The molecule has 1 rings (SSSR count). The van der Waals surface area contributed by atoms with Gasteiger partial charge in [-0.15, -0.1) is 11.6 Å². The van der Waals surface area contributed by atoms with Gasteiger partial charge in [0.2, 0.25) is 0 Å². The Balaban J connectivity index is 2.84. The zero-order valence-electron chi connectivity index (χ0n) is 10.1. The molecule has 1 N–H and O–H groups in total. The molecule has 0 bridgehead atoms. The molecular weight excluding hydrogens is 302 g/mol. The van der Waals surface area contributed by atoms with Crippen LogP contribution in [0.15, 0.2) is 28.7 Å². The summed E-state index contributed by atoms with van der Waals surface area (Å²) in [6, 6.07) is 7.34. The highest BCUT2D eigenvalue weighted by molar-refractivity contribution is 9.10. The first-order valence-corrected chi connectivity index (χ1v) is 7.03. The third-order valence-electron chi connectivity index (χ3n) is 3.07. The minimum atomic E-state index is -0.305. The lowest BCUT2D eigenvalue weighted by atomic mass is 9.94.